The minimum Gasteiger partial charge on any atom is -0.496 e. The van der Waals surface area contributed by atoms with Gasteiger partial charge >= 0.3 is 0 Å². The summed E-state index contributed by atoms with van der Waals surface area (Å²) in [6.07, 6.45) is 0.816. The molecule has 1 aromatic rings. The zero-order valence-electron chi connectivity index (χ0n) is 7.95. The Balaban J connectivity index is 2.96. The second kappa shape index (κ2) is 4.84. The van der Waals surface area contributed by atoms with Crippen LogP contribution >= 0.6 is 0 Å². The molecule has 0 spiro atoms. The molecule has 0 radical (unpaired) electrons. The molecule has 2 N–H and O–H groups in total. The summed E-state index contributed by atoms with van der Waals surface area (Å²) < 4.78 is 5.18. The maximum Gasteiger partial charge on any atom is 0.123 e. The van der Waals surface area contributed by atoms with Gasteiger partial charge in [-0.1, -0.05) is 25.1 Å². The van der Waals surface area contributed by atoms with Crippen molar-refractivity contribution in [3.8, 4) is 5.75 Å². The lowest BCUT2D eigenvalue weighted by atomic mass is 10.0. The average molecular weight is 181 g/mol. The highest BCUT2D eigenvalue weighted by Gasteiger charge is 2.11. The van der Waals surface area contributed by atoms with Gasteiger partial charge in [-0.25, -0.2) is 0 Å². The number of ether oxygens (including phenoxy) is 1. The van der Waals surface area contributed by atoms with Gasteiger partial charge in [-0.2, -0.15) is 5.48 Å². The summed E-state index contributed by atoms with van der Waals surface area (Å²) in [5, 5.41) is 8.89. The molecule has 13 heavy (non-hydrogen) atoms. The Hall–Kier alpha value is -1.06. The molecule has 0 aliphatic carbocycles. The first-order valence-corrected chi connectivity index (χ1v) is 4.36. The summed E-state index contributed by atoms with van der Waals surface area (Å²) in [4.78, 5) is 0. The van der Waals surface area contributed by atoms with E-state index in [2.05, 4.69) is 5.48 Å². The summed E-state index contributed by atoms with van der Waals surface area (Å²) in [5.41, 5.74) is 3.24. The largest absolute Gasteiger partial charge is 0.496 e. The summed E-state index contributed by atoms with van der Waals surface area (Å²) in [6.45, 7) is 2.00. The van der Waals surface area contributed by atoms with Crippen LogP contribution < -0.4 is 10.2 Å². The number of methoxy groups -OCH3 is 1. The summed E-state index contributed by atoms with van der Waals surface area (Å²) in [5.74, 6) is 0.802. The second-order valence-electron chi connectivity index (χ2n) is 2.83. The number of hydrogen-bond acceptors (Lipinski definition) is 3. The molecule has 1 aromatic carbocycles. The van der Waals surface area contributed by atoms with Crippen molar-refractivity contribution in [2.24, 2.45) is 0 Å². The van der Waals surface area contributed by atoms with Crippen LogP contribution in [0.4, 0.5) is 0 Å². The molecule has 1 unspecified atom stereocenters. The van der Waals surface area contributed by atoms with Crippen LogP contribution in [0.1, 0.15) is 24.9 Å². The highest BCUT2D eigenvalue weighted by atomic mass is 16.5. The summed E-state index contributed by atoms with van der Waals surface area (Å²) in [7, 11) is 1.63. The molecular formula is C10H15NO2. The molecule has 0 heterocycles. The predicted molar refractivity (Wildman–Crippen MR) is 50.9 cm³/mol. The molecule has 0 aliphatic heterocycles. The van der Waals surface area contributed by atoms with E-state index in [9.17, 15) is 0 Å². The normalized spacial score (nSPS) is 12.5. The van der Waals surface area contributed by atoms with E-state index in [-0.39, 0.29) is 6.04 Å². The molecule has 0 bridgehead atoms. The number of para-hydroxylation sites is 1. The zero-order chi connectivity index (χ0) is 9.68. The van der Waals surface area contributed by atoms with Gasteiger partial charge in [-0.3, -0.25) is 0 Å². The maximum absolute atomic E-state index is 8.89. The number of benzene rings is 1. The standard InChI is InChI=1S/C10H15NO2/c1-3-9(11-12)8-6-4-5-7-10(8)13-2/h4-7,9,11-12H,3H2,1-2H3. The first kappa shape index (κ1) is 10.0. The SMILES string of the molecule is CCC(NO)c1ccccc1OC. The van der Waals surface area contributed by atoms with Crippen molar-refractivity contribution in [1.29, 1.82) is 0 Å². The highest BCUT2D eigenvalue weighted by molar-refractivity contribution is 5.35. The second-order valence-corrected chi connectivity index (χ2v) is 2.83. The molecule has 72 valence electrons. The Bertz CT molecular complexity index is 259. The molecule has 3 nitrogen and oxygen atoms in total. The van der Waals surface area contributed by atoms with E-state index in [1.165, 1.54) is 0 Å². The molecule has 0 fully saturated rings. The maximum atomic E-state index is 8.89. The molecule has 0 saturated carbocycles. The third kappa shape index (κ3) is 2.20. The van der Waals surface area contributed by atoms with Crippen LogP contribution in [0.2, 0.25) is 0 Å². The molecule has 3 heteroatoms. The van der Waals surface area contributed by atoms with Crippen molar-refractivity contribution in [2.75, 3.05) is 7.11 Å². The fraction of sp³-hybridized carbons (Fsp3) is 0.400. The van der Waals surface area contributed by atoms with Crippen molar-refractivity contribution in [2.45, 2.75) is 19.4 Å². The Morgan fingerprint density at radius 2 is 2.15 bits per heavy atom. The lowest BCUT2D eigenvalue weighted by Gasteiger charge is -2.15. The topological polar surface area (TPSA) is 41.5 Å². The van der Waals surface area contributed by atoms with Crippen LogP contribution in [0.25, 0.3) is 0 Å². The van der Waals surface area contributed by atoms with Gasteiger partial charge in [0.1, 0.15) is 5.75 Å². The fourth-order valence-electron chi connectivity index (χ4n) is 1.34. The van der Waals surface area contributed by atoms with Crippen LogP contribution in [0.3, 0.4) is 0 Å². The lowest BCUT2D eigenvalue weighted by molar-refractivity contribution is 0.123. The summed E-state index contributed by atoms with van der Waals surface area (Å²) >= 11 is 0. The van der Waals surface area contributed by atoms with Gasteiger partial charge in [0.2, 0.25) is 0 Å². The third-order valence-corrected chi connectivity index (χ3v) is 2.08. The molecule has 0 amide bonds. The Kier molecular flexibility index (Phi) is 3.73. The van der Waals surface area contributed by atoms with Gasteiger partial charge in [0.15, 0.2) is 0 Å². The van der Waals surface area contributed by atoms with E-state index >= 15 is 0 Å². The highest BCUT2D eigenvalue weighted by Crippen LogP contribution is 2.25. The lowest BCUT2D eigenvalue weighted by Crippen LogP contribution is -2.16. The monoisotopic (exact) mass is 181 g/mol. The fourth-order valence-corrected chi connectivity index (χ4v) is 1.34. The van der Waals surface area contributed by atoms with E-state index in [1.807, 2.05) is 31.2 Å². The smallest absolute Gasteiger partial charge is 0.123 e. The quantitative estimate of drug-likeness (QED) is 0.699. The van der Waals surface area contributed by atoms with E-state index in [0.717, 1.165) is 17.7 Å². The van der Waals surface area contributed by atoms with Crippen LogP contribution in [-0.2, 0) is 0 Å². The Morgan fingerprint density at radius 1 is 1.46 bits per heavy atom. The van der Waals surface area contributed by atoms with E-state index in [4.69, 9.17) is 9.94 Å². The van der Waals surface area contributed by atoms with Crippen molar-refractivity contribution < 1.29 is 9.94 Å². The number of nitrogens with one attached hydrogen (secondary N) is 1. The van der Waals surface area contributed by atoms with Gasteiger partial charge in [0.25, 0.3) is 0 Å². The summed E-state index contributed by atoms with van der Waals surface area (Å²) in [6, 6.07) is 7.60. The van der Waals surface area contributed by atoms with E-state index in [0.29, 0.717) is 0 Å². The first-order chi connectivity index (χ1) is 6.33. The Labute approximate surface area is 78.3 Å². The first-order valence-electron chi connectivity index (χ1n) is 4.36. The van der Waals surface area contributed by atoms with Gasteiger partial charge in [0.05, 0.1) is 13.2 Å². The van der Waals surface area contributed by atoms with E-state index in [1.54, 1.807) is 7.11 Å². The van der Waals surface area contributed by atoms with Gasteiger partial charge in [-0.05, 0) is 12.5 Å². The van der Waals surface area contributed by atoms with Crippen LogP contribution in [0.5, 0.6) is 5.75 Å². The van der Waals surface area contributed by atoms with Crippen molar-refractivity contribution in [3.05, 3.63) is 29.8 Å². The van der Waals surface area contributed by atoms with Crippen molar-refractivity contribution in [3.63, 3.8) is 0 Å². The van der Waals surface area contributed by atoms with Gasteiger partial charge in [-0.15, -0.1) is 0 Å². The number of hydrogen-bond donors (Lipinski definition) is 2. The molecule has 0 saturated heterocycles. The van der Waals surface area contributed by atoms with Gasteiger partial charge in [0, 0.05) is 5.56 Å². The Morgan fingerprint density at radius 3 is 2.69 bits per heavy atom. The molecule has 1 atom stereocenters. The van der Waals surface area contributed by atoms with Crippen molar-refractivity contribution in [1.82, 2.24) is 5.48 Å². The molecule has 0 aromatic heterocycles. The molecule has 1 rings (SSSR count). The van der Waals surface area contributed by atoms with Crippen LogP contribution in [0, 0.1) is 0 Å². The predicted octanol–water partition coefficient (Wildman–Crippen LogP) is 2.13. The van der Waals surface area contributed by atoms with Gasteiger partial charge < -0.3 is 9.94 Å². The van der Waals surface area contributed by atoms with Crippen LogP contribution in [0.15, 0.2) is 24.3 Å². The zero-order valence-corrected chi connectivity index (χ0v) is 7.95. The van der Waals surface area contributed by atoms with Crippen LogP contribution in [-0.4, -0.2) is 12.3 Å². The number of rotatable bonds is 4. The number of hydroxylamine groups is 1. The molecule has 0 aliphatic rings. The third-order valence-electron chi connectivity index (χ3n) is 2.08. The van der Waals surface area contributed by atoms with Crippen molar-refractivity contribution >= 4 is 0 Å². The minimum absolute atomic E-state index is 0.0591. The minimum atomic E-state index is -0.0591. The van der Waals surface area contributed by atoms with E-state index < -0.39 is 0 Å². The average Bonchev–Trinajstić information content (AvgIpc) is 2.20. The molecular weight excluding hydrogens is 166 g/mol.